The van der Waals surface area contributed by atoms with Crippen molar-refractivity contribution in [2.24, 2.45) is 0 Å². The second-order valence-electron chi connectivity index (χ2n) is 4.57. The Hall–Kier alpha value is -1.34. The van der Waals surface area contributed by atoms with Crippen molar-refractivity contribution >= 4 is 25.5 Å². The van der Waals surface area contributed by atoms with E-state index in [2.05, 4.69) is 0 Å². The van der Waals surface area contributed by atoms with Crippen molar-refractivity contribution in [1.29, 1.82) is 0 Å². The number of hydrogen-bond donors (Lipinski definition) is 0. The van der Waals surface area contributed by atoms with Gasteiger partial charge in [-0.1, -0.05) is 18.2 Å². The van der Waals surface area contributed by atoms with Crippen molar-refractivity contribution in [2.75, 3.05) is 16.3 Å². The SMILES string of the molecule is Cc1ccccc1N(C1C=CS(=O)(=O)C1)S(C)(=O)=O. The number of benzene rings is 1. The summed E-state index contributed by atoms with van der Waals surface area (Å²) in [4.78, 5) is 0. The Morgan fingerprint density at radius 2 is 1.89 bits per heavy atom. The normalized spacial score (nSPS) is 21.5. The van der Waals surface area contributed by atoms with Crippen LogP contribution in [0.3, 0.4) is 0 Å². The van der Waals surface area contributed by atoms with E-state index in [1.165, 1.54) is 10.4 Å². The van der Waals surface area contributed by atoms with Gasteiger partial charge in [-0.2, -0.15) is 0 Å². The molecule has 0 spiro atoms. The Labute approximate surface area is 113 Å². The second kappa shape index (κ2) is 4.64. The summed E-state index contributed by atoms with van der Waals surface area (Å²) in [5, 5.41) is 1.08. The van der Waals surface area contributed by atoms with Crippen molar-refractivity contribution in [1.82, 2.24) is 0 Å². The van der Waals surface area contributed by atoms with E-state index in [0.717, 1.165) is 17.2 Å². The maximum Gasteiger partial charge on any atom is 0.232 e. The standard InChI is InChI=1S/C12H15NO4S2/c1-10-5-3-4-6-12(10)13(18(2,14)15)11-7-8-19(16,17)9-11/h3-8,11H,9H2,1-2H3. The fourth-order valence-electron chi connectivity index (χ4n) is 2.12. The Kier molecular flexibility index (Phi) is 3.44. The zero-order chi connectivity index (χ0) is 14.3. The van der Waals surface area contributed by atoms with Crippen LogP contribution in [0.15, 0.2) is 35.7 Å². The molecule has 7 heteroatoms. The van der Waals surface area contributed by atoms with Crippen LogP contribution in [0.1, 0.15) is 5.56 Å². The molecule has 0 bridgehead atoms. The summed E-state index contributed by atoms with van der Waals surface area (Å²) >= 11 is 0. The fraction of sp³-hybridized carbons (Fsp3) is 0.333. The van der Waals surface area contributed by atoms with Crippen molar-refractivity contribution in [3.05, 3.63) is 41.3 Å². The Morgan fingerprint density at radius 3 is 2.37 bits per heavy atom. The first-order valence-corrected chi connectivity index (χ1v) is 9.23. The molecular weight excluding hydrogens is 286 g/mol. The first-order chi connectivity index (χ1) is 8.71. The average molecular weight is 301 g/mol. The van der Waals surface area contributed by atoms with Crippen LogP contribution in [0.4, 0.5) is 5.69 Å². The molecule has 0 aromatic heterocycles. The molecule has 1 heterocycles. The van der Waals surface area contributed by atoms with Gasteiger partial charge in [0, 0.05) is 5.41 Å². The van der Waals surface area contributed by atoms with Crippen LogP contribution in [0.25, 0.3) is 0 Å². The summed E-state index contributed by atoms with van der Waals surface area (Å²) in [5.41, 5.74) is 1.29. The van der Waals surface area contributed by atoms with Crippen LogP contribution < -0.4 is 4.31 Å². The monoisotopic (exact) mass is 301 g/mol. The van der Waals surface area contributed by atoms with E-state index in [4.69, 9.17) is 0 Å². The minimum absolute atomic E-state index is 0.214. The first kappa shape index (κ1) is 14.1. The summed E-state index contributed by atoms with van der Waals surface area (Å²) in [6, 6.07) is 6.32. The predicted molar refractivity (Wildman–Crippen MR) is 75.2 cm³/mol. The highest BCUT2D eigenvalue weighted by Crippen LogP contribution is 2.27. The number of sulfonamides is 1. The summed E-state index contributed by atoms with van der Waals surface area (Å²) in [5.74, 6) is -0.214. The molecule has 0 radical (unpaired) electrons. The highest BCUT2D eigenvalue weighted by atomic mass is 32.2. The number of sulfone groups is 1. The molecule has 1 atom stereocenters. The van der Waals surface area contributed by atoms with Gasteiger partial charge in [0.1, 0.15) is 0 Å². The van der Waals surface area contributed by atoms with Crippen LogP contribution in [0, 0.1) is 6.92 Å². The first-order valence-electron chi connectivity index (χ1n) is 5.67. The van der Waals surface area contributed by atoms with Gasteiger partial charge in [-0.3, -0.25) is 4.31 Å². The van der Waals surface area contributed by atoms with E-state index in [-0.39, 0.29) is 5.75 Å². The van der Waals surface area contributed by atoms with Gasteiger partial charge in [0.15, 0.2) is 9.84 Å². The molecule has 1 aliphatic rings. The number of rotatable bonds is 3. The number of hydrogen-bond acceptors (Lipinski definition) is 4. The van der Waals surface area contributed by atoms with Gasteiger partial charge in [0.2, 0.25) is 10.0 Å². The third kappa shape index (κ3) is 2.98. The topological polar surface area (TPSA) is 71.5 Å². The molecule has 0 N–H and O–H groups in total. The smallest absolute Gasteiger partial charge is 0.232 e. The lowest BCUT2D eigenvalue weighted by atomic mass is 10.2. The highest BCUT2D eigenvalue weighted by Gasteiger charge is 2.33. The van der Waals surface area contributed by atoms with Crippen LogP contribution in [0.5, 0.6) is 0 Å². The Bertz CT molecular complexity index is 720. The molecule has 19 heavy (non-hydrogen) atoms. The Morgan fingerprint density at radius 1 is 1.26 bits per heavy atom. The van der Waals surface area contributed by atoms with Crippen molar-refractivity contribution < 1.29 is 16.8 Å². The lowest BCUT2D eigenvalue weighted by Gasteiger charge is -2.28. The largest absolute Gasteiger partial charge is 0.262 e. The van der Waals surface area contributed by atoms with E-state index in [0.29, 0.717) is 5.69 Å². The fourth-order valence-corrected chi connectivity index (χ4v) is 4.68. The van der Waals surface area contributed by atoms with Gasteiger partial charge < -0.3 is 0 Å². The zero-order valence-corrected chi connectivity index (χ0v) is 12.3. The number of nitrogens with zero attached hydrogens (tertiary/aromatic N) is 1. The molecule has 1 aromatic rings. The molecule has 1 aromatic carbocycles. The van der Waals surface area contributed by atoms with E-state index in [9.17, 15) is 16.8 Å². The molecule has 0 amide bonds. The molecule has 0 fully saturated rings. The third-order valence-electron chi connectivity index (χ3n) is 2.92. The Balaban J connectivity index is 2.52. The van der Waals surface area contributed by atoms with Gasteiger partial charge in [-0.25, -0.2) is 16.8 Å². The average Bonchev–Trinajstić information content (AvgIpc) is 2.60. The molecule has 104 valence electrons. The van der Waals surface area contributed by atoms with E-state index < -0.39 is 25.9 Å². The second-order valence-corrected chi connectivity index (χ2v) is 8.36. The molecule has 0 saturated carbocycles. The van der Waals surface area contributed by atoms with Gasteiger partial charge in [-0.15, -0.1) is 0 Å². The van der Waals surface area contributed by atoms with Crippen LogP contribution in [0.2, 0.25) is 0 Å². The zero-order valence-electron chi connectivity index (χ0n) is 10.6. The number of para-hydroxylation sites is 1. The maximum absolute atomic E-state index is 12.0. The van der Waals surface area contributed by atoms with Crippen molar-refractivity contribution in [2.45, 2.75) is 13.0 Å². The van der Waals surface area contributed by atoms with Crippen LogP contribution >= 0.6 is 0 Å². The molecule has 0 saturated heterocycles. The molecule has 1 unspecified atom stereocenters. The minimum Gasteiger partial charge on any atom is -0.262 e. The van der Waals surface area contributed by atoms with Crippen LogP contribution in [-0.2, 0) is 19.9 Å². The van der Waals surface area contributed by atoms with Crippen molar-refractivity contribution in [3.63, 3.8) is 0 Å². The molecule has 5 nitrogen and oxygen atoms in total. The molecule has 0 aliphatic carbocycles. The number of anilines is 1. The van der Waals surface area contributed by atoms with E-state index >= 15 is 0 Å². The van der Waals surface area contributed by atoms with Gasteiger partial charge >= 0.3 is 0 Å². The maximum atomic E-state index is 12.0. The summed E-state index contributed by atoms with van der Waals surface area (Å²) in [6.45, 7) is 1.79. The number of aryl methyl sites for hydroxylation is 1. The van der Waals surface area contributed by atoms with Gasteiger partial charge in [0.25, 0.3) is 0 Å². The highest BCUT2D eigenvalue weighted by molar-refractivity contribution is 7.95. The molecule has 1 aliphatic heterocycles. The lowest BCUT2D eigenvalue weighted by molar-refractivity contribution is 0.591. The summed E-state index contributed by atoms with van der Waals surface area (Å²) in [6.07, 6.45) is 2.50. The van der Waals surface area contributed by atoms with E-state index in [1.54, 1.807) is 31.2 Å². The third-order valence-corrected chi connectivity index (χ3v) is 5.48. The minimum atomic E-state index is -3.56. The molecule has 2 rings (SSSR count). The van der Waals surface area contributed by atoms with Crippen LogP contribution in [-0.4, -0.2) is 34.9 Å². The van der Waals surface area contributed by atoms with E-state index in [1.807, 2.05) is 0 Å². The molecular formula is C12H15NO4S2. The van der Waals surface area contributed by atoms with Gasteiger partial charge in [0.05, 0.1) is 23.7 Å². The summed E-state index contributed by atoms with van der Waals surface area (Å²) in [7, 11) is -6.86. The lowest BCUT2D eigenvalue weighted by Crippen LogP contribution is -2.40. The quantitative estimate of drug-likeness (QED) is 0.837. The summed E-state index contributed by atoms with van der Waals surface area (Å²) < 4.78 is 48.1. The van der Waals surface area contributed by atoms with Crippen molar-refractivity contribution in [3.8, 4) is 0 Å². The predicted octanol–water partition coefficient (Wildman–Crippen LogP) is 1.07. The van der Waals surface area contributed by atoms with Gasteiger partial charge in [-0.05, 0) is 24.6 Å².